The van der Waals surface area contributed by atoms with Gasteiger partial charge in [-0.3, -0.25) is 10.1 Å². The zero-order chi connectivity index (χ0) is 16.7. The van der Waals surface area contributed by atoms with Gasteiger partial charge in [-0.2, -0.15) is 0 Å². The molecule has 0 aromatic heterocycles. The number of nitrogens with one attached hydrogen (secondary N) is 2. The summed E-state index contributed by atoms with van der Waals surface area (Å²) in [5.74, 6) is 0.0269. The monoisotopic (exact) mass is 321 g/mol. The Morgan fingerprint density at radius 1 is 1.29 bits per heavy atom. The second-order valence-electron chi connectivity index (χ2n) is 6.93. The maximum Gasteiger partial charge on any atom is 0.224 e. The Morgan fingerprint density at radius 3 is 2.96 bits per heavy atom. The average Bonchev–Trinajstić information content (AvgIpc) is 2.83. The topological polar surface area (TPSA) is 67.1 Å². The van der Waals surface area contributed by atoms with Crippen molar-refractivity contribution in [3.8, 4) is 0 Å². The summed E-state index contributed by atoms with van der Waals surface area (Å²) in [7, 11) is 0. The van der Waals surface area contributed by atoms with Gasteiger partial charge in [0.25, 0.3) is 0 Å². The molecule has 1 amide bonds. The van der Waals surface area contributed by atoms with Gasteiger partial charge in [0.2, 0.25) is 5.91 Å². The fraction of sp³-hybridized carbons (Fsp3) is 0.350. The molecule has 0 fully saturated rings. The molecule has 2 aromatic rings. The van der Waals surface area contributed by atoms with Gasteiger partial charge in [0, 0.05) is 18.2 Å². The van der Waals surface area contributed by atoms with E-state index in [0.717, 1.165) is 12.1 Å². The Balaban J connectivity index is 1.69. The lowest BCUT2D eigenvalue weighted by molar-refractivity contribution is -0.116. The van der Waals surface area contributed by atoms with Crippen molar-refractivity contribution in [2.24, 2.45) is 5.73 Å². The quantitative estimate of drug-likeness (QED) is 0.811. The molecule has 0 saturated heterocycles. The zero-order valence-corrected chi connectivity index (χ0v) is 13.9. The van der Waals surface area contributed by atoms with E-state index in [0.29, 0.717) is 25.4 Å². The summed E-state index contributed by atoms with van der Waals surface area (Å²) in [6.45, 7) is 2.78. The number of carbonyl (C=O) groups is 1. The molecule has 0 aliphatic carbocycles. The largest absolute Gasteiger partial charge is 0.330 e. The third-order valence-electron chi connectivity index (χ3n) is 5.30. The Hall–Kier alpha value is -2.17. The molecule has 4 N–H and O–H groups in total. The average molecular weight is 321 g/mol. The molecule has 2 bridgehead atoms. The van der Waals surface area contributed by atoms with Crippen LogP contribution in [-0.4, -0.2) is 12.5 Å². The second-order valence-corrected chi connectivity index (χ2v) is 6.93. The van der Waals surface area contributed by atoms with E-state index in [-0.39, 0.29) is 11.4 Å². The lowest BCUT2D eigenvalue weighted by atomic mass is 9.82. The molecule has 2 aliphatic rings. The maximum absolute atomic E-state index is 12.0. The third kappa shape index (κ3) is 2.34. The lowest BCUT2D eigenvalue weighted by Gasteiger charge is -2.35. The van der Waals surface area contributed by atoms with Crippen molar-refractivity contribution < 1.29 is 4.79 Å². The number of benzene rings is 2. The van der Waals surface area contributed by atoms with E-state index in [1.807, 2.05) is 6.07 Å². The number of hydrogen-bond acceptors (Lipinski definition) is 3. The summed E-state index contributed by atoms with van der Waals surface area (Å²) in [5.41, 5.74) is 11.5. The summed E-state index contributed by atoms with van der Waals surface area (Å²) in [5, 5.41) is 6.78. The number of amides is 1. The van der Waals surface area contributed by atoms with Crippen LogP contribution in [0, 0.1) is 0 Å². The minimum atomic E-state index is -0.188. The molecule has 2 heterocycles. The first kappa shape index (κ1) is 15.4. The van der Waals surface area contributed by atoms with Crippen LogP contribution in [0.4, 0.5) is 5.69 Å². The lowest BCUT2D eigenvalue weighted by Crippen LogP contribution is -2.41. The van der Waals surface area contributed by atoms with Gasteiger partial charge in [-0.25, -0.2) is 0 Å². The molecule has 2 unspecified atom stereocenters. The van der Waals surface area contributed by atoms with Crippen molar-refractivity contribution in [2.45, 2.75) is 37.8 Å². The van der Waals surface area contributed by atoms with Gasteiger partial charge in [0.05, 0.1) is 5.54 Å². The minimum absolute atomic E-state index is 0.0269. The highest BCUT2D eigenvalue weighted by Gasteiger charge is 2.45. The molecule has 0 radical (unpaired) electrons. The number of hydrogen-bond donors (Lipinski definition) is 3. The van der Waals surface area contributed by atoms with E-state index < -0.39 is 0 Å². The van der Waals surface area contributed by atoms with Gasteiger partial charge < -0.3 is 11.1 Å². The van der Waals surface area contributed by atoms with E-state index in [9.17, 15) is 4.79 Å². The third-order valence-corrected chi connectivity index (χ3v) is 5.30. The smallest absolute Gasteiger partial charge is 0.224 e. The van der Waals surface area contributed by atoms with Crippen molar-refractivity contribution in [3.63, 3.8) is 0 Å². The maximum atomic E-state index is 12.0. The molecule has 4 heteroatoms. The van der Waals surface area contributed by atoms with Crippen LogP contribution in [0.5, 0.6) is 0 Å². The van der Waals surface area contributed by atoms with Gasteiger partial charge in [-0.05, 0) is 60.7 Å². The molecule has 124 valence electrons. The van der Waals surface area contributed by atoms with Crippen LogP contribution in [0.3, 0.4) is 0 Å². The number of carbonyl (C=O) groups excluding carboxylic acids is 1. The van der Waals surface area contributed by atoms with Crippen molar-refractivity contribution in [1.82, 2.24) is 5.32 Å². The minimum Gasteiger partial charge on any atom is -0.330 e. The van der Waals surface area contributed by atoms with Gasteiger partial charge in [-0.15, -0.1) is 0 Å². The zero-order valence-electron chi connectivity index (χ0n) is 13.9. The first-order valence-corrected chi connectivity index (χ1v) is 8.62. The first-order chi connectivity index (χ1) is 11.6. The summed E-state index contributed by atoms with van der Waals surface area (Å²) in [6, 6.07) is 15.3. The molecule has 2 aromatic carbocycles. The van der Waals surface area contributed by atoms with Crippen molar-refractivity contribution in [3.05, 3.63) is 64.7 Å². The van der Waals surface area contributed by atoms with E-state index in [2.05, 4.69) is 54.0 Å². The molecule has 2 atom stereocenters. The van der Waals surface area contributed by atoms with Crippen LogP contribution in [-0.2, 0) is 16.8 Å². The number of anilines is 1. The fourth-order valence-corrected chi connectivity index (χ4v) is 4.15. The Kier molecular flexibility index (Phi) is 3.66. The van der Waals surface area contributed by atoms with E-state index in [1.165, 1.54) is 22.3 Å². The highest BCUT2D eigenvalue weighted by Crippen LogP contribution is 2.48. The van der Waals surface area contributed by atoms with E-state index in [4.69, 9.17) is 5.73 Å². The van der Waals surface area contributed by atoms with Gasteiger partial charge in [0.1, 0.15) is 0 Å². The predicted octanol–water partition coefficient (Wildman–Crippen LogP) is 2.83. The summed E-state index contributed by atoms with van der Waals surface area (Å²) in [6.07, 6.45) is 2.17. The molecule has 24 heavy (non-hydrogen) atoms. The molecule has 4 nitrogen and oxygen atoms in total. The van der Waals surface area contributed by atoms with Crippen LogP contribution < -0.4 is 16.4 Å². The Labute approximate surface area is 142 Å². The summed E-state index contributed by atoms with van der Waals surface area (Å²) < 4.78 is 0. The van der Waals surface area contributed by atoms with Crippen molar-refractivity contribution >= 4 is 11.6 Å². The van der Waals surface area contributed by atoms with Crippen molar-refractivity contribution in [2.75, 3.05) is 11.9 Å². The van der Waals surface area contributed by atoms with Crippen molar-refractivity contribution in [1.29, 1.82) is 0 Å². The van der Waals surface area contributed by atoms with Crippen LogP contribution in [0.1, 0.15) is 48.1 Å². The molecule has 2 aliphatic heterocycles. The van der Waals surface area contributed by atoms with E-state index in [1.54, 1.807) is 0 Å². The Bertz CT molecular complexity index is 801. The molecule has 0 spiro atoms. The molecular weight excluding hydrogens is 298 g/mol. The van der Waals surface area contributed by atoms with E-state index >= 15 is 0 Å². The number of fused-ring (bicyclic) bond motifs is 7. The summed E-state index contributed by atoms with van der Waals surface area (Å²) >= 11 is 0. The first-order valence-electron chi connectivity index (χ1n) is 8.62. The standard InChI is InChI=1S/C20H23N3O/c1-20-16-6-3-2-5-15(16)18(23-20)11-13-8-9-14(12-17(13)20)22-19(24)7-4-10-21/h2-3,5-6,8-9,12,18,23H,4,7,10-11,21H2,1H3,(H,22,24). The van der Waals surface area contributed by atoms with Crippen LogP contribution in [0.25, 0.3) is 0 Å². The molecule has 4 rings (SSSR count). The van der Waals surface area contributed by atoms with Crippen LogP contribution >= 0.6 is 0 Å². The van der Waals surface area contributed by atoms with Crippen LogP contribution in [0.15, 0.2) is 42.5 Å². The van der Waals surface area contributed by atoms with Gasteiger partial charge in [0.15, 0.2) is 0 Å². The normalized spacial score (nSPS) is 23.5. The highest BCUT2D eigenvalue weighted by molar-refractivity contribution is 5.91. The number of nitrogens with two attached hydrogens (primary N) is 1. The Morgan fingerprint density at radius 2 is 2.12 bits per heavy atom. The molecular formula is C20H23N3O. The SMILES string of the molecule is CC12NC(Cc3ccc(NC(=O)CCCN)cc31)c1ccccc12. The summed E-state index contributed by atoms with van der Waals surface area (Å²) in [4.78, 5) is 12.0. The predicted molar refractivity (Wildman–Crippen MR) is 95.8 cm³/mol. The second kappa shape index (κ2) is 5.72. The highest BCUT2D eigenvalue weighted by atomic mass is 16.1. The van der Waals surface area contributed by atoms with Gasteiger partial charge in [-0.1, -0.05) is 30.3 Å². The number of rotatable bonds is 4. The fourth-order valence-electron chi connectivity index (χ4n) is 4.15. The molecule has 0 saturated carbocycles. The van der Waals surface area contributed by atoms with Crippen LogP contribution in [0.2, 0.25) is 0 Å². The van der Waals surface area contributed by atoms with Gasteiger partial charge >= 0.3 is 0 Å².